The third-order valence-electron chi connectivity index (χ3n) is 4.60. The molecule has 3 amide bonds. The number of carbonyl (C=O) groups excluding carboxylic acids is 3. The number of nitrogens with zero attached hydrogens (tertiary/aromatic N) is 1. The van der Waals surface area contributed by atoms with Crippen LogP contribution in [0.15, 0.2) is 36.9 Å². The molecule has 2 N–H and O–H groups in total. The molecule has 0 radical (unpaired) electrons. The van der Waals surface area contributed by atoms with E-state index in [2.05, 4.69) is 17.2 Å². The van der Waals surface area contributed by atoms with Gasteiger partial charge in [-0.3, -0.25) is 9.59 Å². The zero-order chi connectivity index (χ0) is 24.6. The smallest absolute Gasteiger partial charge is 0.408 e. The van der Waals surface area contributed by atoms with E-state index in [0.29, 0.717) is 5.56 Å². The number of aryl methyl sites for hydroxylation is 1. The Labute approximate surface area is 192 Å². The molecule has 7 heteroatoms. The predicted octanol–water partition coefficient (Wildman–Crippen LogP) is 4.12. The minimum absolute atomic E-state index is 0.100. The van der Waals surface area contributed by atoms with Crippen LogP contribution in [-0.2, 0) is 14.3 Å². The van der Waals surface area contributed by atoms with Gasteiger partial charge in [0.15, 0.2) is 0 Å². The monoisotopic (exact) mass is 445 g/mol. The van der Waals surface area contributed by atoms with Crippen LogP contribution in [0.25, 0.3) is 0 Å². The van der Waals surface area contributed by atoms with Crippen molar-refractivity contribution in [1.29, 1.82) is 0 Å². The summed E-state index contributed by atoms with van der Waals surface area (Å²) in [7, 11) is 0. The predicted molar refractivity (Wildman–Crippen MR) is 127 cm³/mol. The van der Waals surface area contributed by atoms with Crippen LogP contribution in [0.5, 0.6) is 0 Å². The van der Waals surface area contributed by atoms with Crippen molar-refractivity contribution in [2.24, 2.45) is 5.92 Å². The number of hydrogen-bond acceptors (Lipinski definition) is 4. The van der Waals surface area contributed by atoms with Gasteiger partial charge >= 0.3 is 6.09 Å². The summed E-state index contributed by atoms with van der Waals surface area (Å²) in [6, 6.07) is 5.65. The first-order valence-corrected chi connectivity index (χ1v) is 11.0. The lowest BCUT2D eigenvalue weighted by atomic mass is 9.98. The van der Waals surface area contributed by atoms with Crippen LogP contribution in [0.1, 0.15) is 65.6 Å². The number of benzene rings is 1. The second-order valence-corrected chi connectivity index (χ2v) is 9.62. The number of rotatable bonds is 9. The van der Waals surface area contributed by atoms with E-state index in [0.717, 1.165) is 5.56 Å². The molecule has 1 aromatic carbocycles. The number of carbonyl (C=O) groups is 3. The van der Waals surface area contributed by atoms with Crippen molar-refractivity contribution < 1.29 is 19.1 Å². The van der Waals surface area contributed by atoms with Crippen molar-refractivity contribution in [3.8, 4) is 0 Å². The molecule has 0 bridgehead atoms. The molecule has 178 valence electrons. The molecule has 1 aromatic rings. The van der Waals surface area contributed by atoms with E-state index in [1.165, 1.54) is 4.90 Å². The molecule has 0 fully saturated rings. The molecule has 2 unspecified atom stereocenters. The van der Waals surface area contributed by atoms with E-state index in [1.54, 1.807) is 26.8 Å². The molecule has 0 aliphatic carbocycles. The average molecular weight is 446 g/mol. The molecule has 2 atom stereocenters. The largest absolute Gasteiger partial charge is 0.444 e. The van der Waals surface area contributed by atoms with Crippen molar-refractivity contribution in [2.75, 3.05) is 6.54 Å². The maximum Gasteiger partial charge on any atom is 0.408 e. The van der Waals surface area contributed by atoms with Gasteiger partial charge in [-0.1, -0.05) is 49.8 Å². The van der Waals surface area contributed by atoms with Crippen molar-refractivity contribution in [3.05, 3.63) is 48.0 Å². The van der Waals surface area contributed by atoms with E-state index in [4.69, 9.17) is 4.74 Å². The first kappa shape index (κ1) is 27.2. The minimum Gasteiger partial charge on any atom is -0.444 e. The summed E-state index contributed by atoms with van der Waals surface area (Å²) in [6.07, 6.45) is 0.897. The molecule has 7 nitrogen and oxygen atoms in total. The Kier molecular flexibility index (Phi) is 9.94. The van der Waals surface area contributed by atoms with Crippen molar-refractivity contribution in [1.82, 2.24) is 15.5 Å². The molecular formula is C25H39N3O4. The maximum absolute atomic E-state index is 13.7. The number of ether oxygens (including phenoxy) is 1. The topological polar surface area (TPSA) is 87.7 Å². The van der Waals surface area contributed by atoms with E-state index in [1.807, 2.05) is 58.9 Å². The number of hydrogen-bond donors (Lipinski definition) is 2. The van der Waals surface area contributed by atoms with Gasteiger partial charge < -0.3 is 20.3 Å². The fourth-order valence-corrected chi connectivity index (χ4v) is 3.17. The molecule has 0 aliphatic rings. The van der Waals surface area contributed by atoms with Gasteiger partial charge in [0.05, 0.1) is 0 Å². The van der Waals surface area contributed by atoms with Crippen LogP contribution < -0.4 is 10.6 Å². The Morgan fingerprint density at radius 1 is 1.06 bits per heavy atom. The van der Waals surface area contributed by atoms with Crippen LogP contribution in [0.3, 0.4) is 0 Å². The summed E-state index contributed by atoms with van der Waals surface area (Å²) < 4.78 is 5.35. The van der Waals surface area contributed by atoms with Crippen molar-refractivity contribution in [2.45, 2.75) is 79.1 Å². The molecule has 1 rings (SSSR count). The maximum atomic E-state index is 13.7. The highest BCUT2D eigenvalue weighted by molar-refractivity contribution is 5.92. The zero-order valence-corrected chi connectivity index (χ0v) is 20.7. The Balaban J connectivity index is 3.37. The normalized spacial score (nSPS) is 13.3. The molecule has 0 aromatic heterocycles. The molecule has 0 aliphatic heterocycles. The fraction of sp³-hybridized carbons (Fsp3) is 0.560. The lowest BCUT2D eigenvalue weighted by Crippen LogP contribution is -2.55. The summed E-state index contributed by atoms with van der Waals surface area (Å²) in [5, 5.41) is 5.60. The summed E-state index contributed by atoms with van der Waals surface area (Å²) in [5.74, 6) is -0.900. The highest BCUT2D eigenvalue weighted by Gasteiger charge is 2.37. The summed E-state index contributed by atoms with van der Waals surface area (Å²) in [4.78, 5) is 40.8. The van der Waals surface area contributed by atoms with Gasteiger partial charge in [0.2, 0.25) is 11.8 Å². The Bertz CT molecular complexity index is 794. The second-order valence-electron chi connectivity index (χ2n) is 9.62. The average Bonchev–Trinajstić information content (AvgIpc) is 2.64. The van der Waals surface area contributed by atoms with Crippen LogP contribution in [0.4, 0.5) is 4.79 Å². The van der Waals surface area contributed by atoms with Gasteiger partial charge in [0, 0.05) is 12.6 Å². The summed E-state index contributed by atoms with van der Waals surface area (Å²) in [5.41, 5.74) is 1.03. The van der Waals surface area contributed by atoms with Gasteiger partial charge in [0.25, 0.3) is 0 Å². The van der Waals surface area contributed by atoms with Gasteiger partial charge in [-0.05, 0) is 53.0 Å². The molecule has 0 heterocycles. The summed E-state index contributed by atoms with van der Waals surface area (Å²) >= 11 is 0. The van der Waals surface area contributed by atoms with Gasteiger partial charge in [0.1, 0.15) is 17.7 Å². The lowest BCUT2D eigenvalue weighted by molar-refractivity contribution is -0.142. The highest BCUT2D eigenvalue weighted by Crippen LogP contribution is 2.24. The first-order chi connectivity index (χ1) is 14.8. The van der Waals surface area contributed by atoms with Gasteiger partial charge in [-0.2, -0.15) is 0 Å². The second kappa shape index (κ2) is 11.7. The first-order valence-electron chi connectivity index (χ1n) is 11.0. The standard InChI is InChI=1S/C25H39N3O4/c1-10-15-28(23(30)20(16(2)3)27-24(31)32-25(7,8)9)21(22(29)26-17(4)5)19-13-11-18(6)12-14-19/h10-14,16-17,20-21H,1,15H2,2-9H3,(H,26,29)(H,27,31). The van der Waals surface area contributed by atoms with Crippen LogP contribution in [0.2, 0.25) is 0 Å². The Morgan fingerprint density at radius 2 is 1.62 bits per heavy atom. The third-order valence-corrected chi connectivity index (χ3v) is 4.60. The van der Waals surface area contributed by atoms with Gasteiger partial charge in [-0.15, -0.1) is 6.58 Å². The van der Waals surface area contributed by atoms with Crippen LogP contribution in [0, 0.1) is 12.8 Å². The van der Waals surface area contributed by atoms with Crippen LogP contribution in [-0.4, -0.2) is 47.0 Å². The molecular weight excluding hydrogens is 406 g/mol. The van der Waals surface area contributed by atoms with E-state index >= 15 is 0 Å². The number of alkyl carbamates (subject to hydrolysis) is 1. The highest BCUT2D eigenvalue weighted by atomic mass is 16.6. The van der Waals surface area contributed by atoms with E-state index in [9.17, 15) is 14.4 Å². The molecule has 32 heavy (non-hydrogen) atoms. The SMILES string of the molecule is C=CCN(C(=O)C(NC(=O)OC(C)(C)C)C(C)C)C(C(=O)NC(C)C)c1ccc(C)cc1. The fourth-order valence-electron chi connectivity index (χ4n) is 3.17. The Morgan fingerprint density at radius 3 is 2.06 bits per heavy atom. The van der Waals surface area contributed by atoms with Gasteiger partial charge in [-0.25, -0.2) is 4.79 Å². The van der Waals surface area contributed by atoms with E-state index in [-0.39, 0.29) is 30.3 Å². The van der Waals surface area contributed by atoms with Crippen molar-refractivity contribution >= 4 is 17.9 Å². The van der Waals surface area contributed by atoms with E-state index < -0.39 is 23.8 Å². The lowest BCUT2D eigenvalue weighted by Gasteiger charge is -2.35. The molecule has 0 spiro atoms. The zero-order valence-electron chi connectivity index (χ0n) is 20.7. The molecule has 0 saturated carbocycles. The number of amides is 3. The van der Waals surface area contributed by atoms with Crippen molar-refractivity contribution in [3.63, 3.8) is 0 Å². The third kappa shape index (κ3) is 8.36. The Hall–Kier alpha value is -2.83. The summed E-state index contributed by atoms with van der Waals surface area (Å²) in [6.45, 7) is 18.5. The number of nitrogens with one attached hydrogen (secondary N) is 2. The minimum atomic E-state index is -0.871. The molecule has 0 saturated heterocycles. The quantitative estimate of drug-likeness (QED) is 0.560. The van der Waals surface area contributed by atoms with Crippen LogP contribution >= 0.6 is 0 Å².